The summed E-state index contributed by atoms with van der Waals surface area (Å²) >= 11 is 1.97. The maximum absolute atomic E-state index is 12.4. The summed E-state index contributed by atoms with van der Waals surface area (Å²) in [7, 11) is 0. The number of nitrogens with one attached hydrogen (secondary N) is 2. The first-order valence-electron chi connectivity index (χ1n) is 8.24. The number of amides is 1. The van der Waals surface area contributed by atoms with Crippen molar-refractivity contribution in [2.45, 2.75) is 37.7 Å². The Bertz CT molecular complexity index is 689. The van der Waals surface area contributed by atoms with Crippen molar-refractivity contribution >= 4 is 23.4 Å². The van der Waals surface area contributed by atoms with Crippen molar-refractivity contribution in [3.63, 3.8) is 0 Å². The Morgan fingerprint density at radius 2 is 2.17 bits per heavy atom. The molecule has 2 N–H and O–H groups in total. The largest absolute Gasteiger partial charge is 0.381 e. The fourth-order valence-electron chi connectivity index (χ4n) is 2.87. The van der Waals surface area contributed by atoms with Crippen LogP contribution in [0.25, 0.3) is 0 Å². The number of thioether (sulfide) groups is 1. The number of hydrogen-bond acceptors (Lipinski definition) is 4. The summed E-state index contributed by atoms with van der Waals surface area (Å²) in [5, 5.41) is 10.6. The second-order valence-corrected chi connectivity index (χ2v) is 7.37. The number of anilines is 1. The predicted molar refractivity (Wildman–Crippen MR) is 97.6 cm³/mol. The molecular weight excluding hydrogens is 322 g/mol. The van der Waals surface area contributed by atoms with Gasteiger partial charge in [-0.2, -0.15) is 16.9 Å². The highest BCUT2D eigenvalue weighted by atomic mass is 32.2. The molecule has 6 heteroatoms. The van der Waals surface area contributed by atoms with E-state index in [2.05, 4.69) is 27.6 Å². The molecule has 0 aliphatic carbocycles. The quantitative estimate of drug-likeness (QED) is 0.867. The van der Waals surface area contributed by atoms with E-state index in [9.17, 15) is 4.79 Å². The SMILES string of the molecule is Cc1n[nH]c(C)c1C(=O)Nc1cccc(CSC2CCOCC2)c1. The fourth-order valence-corrected chi connectivity index (χ4v) is 4.01. The van der Waals surface area contributed by atoms with Crippen LogP contribution in [0.5, 0.6) is 0 Å². The summed E-state index contributed by atoms with van der Waals surface area (Å²) in [6, 6.07) is 8.07. The molecular formula is C18H23N3O2S. The molecule has 0 saturated carbocycles. The molecule has 1 fully saturated rings. The Labute approximate surface area is 146 Å². The Balaban J connectivity index is 1.61. The van der Waals surface area contributed by atoms with E-state index in [0.717, 1.165) is 48.9 Å². The molecule has 1 aliphatic heterocycles. The van der Waals surface area contributed by atoms with Gasteiger partial charge < -0.3 is 10.1 Å². The molecule has 0 bridgehead atoms. The number of aryl methyl sites for hydroxylation is 2. The van der Waals surface area contributed by atoms with Gasteiger partial charge in [-0.15, -0.1) is 0 Å². The minimum absolute atomic E-state index is 0.118. The summed E-state index contributed by atoms with van der Waals surface area (Å²) < 4.78 is 5.40. The number of nitrogens with zero attached hydrogens (tertiary/aromatic N) is 1. The molecule has 128 valence electrons. The van der Waals surface area contributed by atoms with E-state index in [0.29, 0.717) is 10.8 Å². The summed E-state index contributed by atoms with van der Waals surface area (Å²) in [5.41, 5.74) is 4.18. The molecule has 5 nitrogen and oxygen atoms in total. The first-order chi connectivity index (χ1) is 11.6. The van der Waals surface area contributed by atoms with Crippen molar-refractivity contribution in [3.05, 3.63) is 46.8 Å². The van der Waals surface area contributed by atoms with Gasteiger partial charge in [-0.1, -0.05) is 12.1 Å². The van der Waals surface area contributed by atoms with E-state index in [1.165, 1.54) is 5.56 Å². The van der Waals surface area contributed by atoms with E-state index in [4.69, 9.17) is 4.74 Å². The van der Waals surface area contributed by atoms with Crippen LogP contribution in [0, 0.1) is 13.8 Å². The van der Waals surface area contributed by atoms with Crippen LogP contribution in [0.4, 0.5) is 5.69 Å². The zero-order valence-electron chi connectivity index (χ0n) is 14.1. The van der Waals surface area contributed by atoms with Crippen LogP contribution in [-0.2, 0) is 10.5 Å². The molecule has 1 saturated heterocycles. The number of aromatic amines is 1. The summed E-state index contributed by atoms with van der Waals surface area (Å²) in [5.74, 6) is 0.839. The van der Waals surface area contributed by atoms with Gasteiger partial charge in [-0.25, -0.2) is 0 Å². The molecule has 0 radical (unpaired) electrons. The van der Waals surface area contributed by atoms with Gasteiger partial charge >= 0.3 is 0 Å². The highest BCUT2D eigenvalue weighted by Gasteiger charge is 2.16. The molecule has 24 heavy (non-hydrogen) atoms. The highest BCUT2D eigenvalue weighted by Crippen LogP contribution is 2.26. The highest BCUT2D eigenvalue weighted by molar-refractivity contribution is 7.99. The maximum atomic E-state index is 12.4. The lowest BCUT2D eigenvalue weighted by Crippen LogP contribution is -2.17. The van der Waals surface area contributed by atoms with Gasteiger partial charge in [0, 0.05) is 35.6 Å². The van der Waals surface area contributed by atoms with E-state index >= 15 is 0 Å². The Morgan fingerprint density at radius 3 is 2.88 bits per heavy atom. The summed E-state index contributed by atoms with van der Waals surface area (Å²) in [4.78, 5) is 12.4. The summed E-state index contributed by atoms with van der Waals surface area (Å²) in [6.07, 6.45) is 2.25. The molecule has 2 heterocycles. The number of ether oxygens (including phenoxy) is 1. The van der Waals surface area contributed by atoms with E-state index < -0.39 is 0 Å². The summed E-state index contributed by atoms with van der Waals surface area (Å²) in [6.45, 7) is 5.43. The van der Waals surface area contributed by atoms with E-state index in [1.807, 2.05) is 37.7 Å². The smallest absolute Gasteiger partial charge is 0.259 e. The average molecular weight is 345 g/mol. The van der Waals surface area contributed by atoms with Gasteiger partial charge in [0.15, 0.2) is 0 Å². The standard InChI is InChI=1S/C18H23N3O2S/c1-12-17(13(2)21-20-12)18(22)19-15-5-3-4-14(10-15)11-24-16-6-8-23-9-7-16/h3-5,10,16H,6-9,11H2,1-2H3,(H,19,22)(H,20,21). The van der Waals surface area contributed by atoms with Gasteiger partial charge in [0.05, 0.1) is 11.3 Å². The van der Waals surface area contributed by atoms with Crippen molar-refractivity contribution in [1.82, 2.24) is 10.2 Å². The third kappa shape index (κ3) is 4.19. The molecule has 1 aromatic heterocycles. The second kappa shape index (κ2) is 7.85. The van der Waals surface area contributed by atoms with Crippen molar-refractivity contribution < 1.29 is 9.53 Å². The number of H-pyrrole nitrogens is 1. The van der Waals surface area contributed by atoms with Gasteiger partial charge in [-0.3, -0.25) is 9.89 Å². The molecule has 0 atom stereocenters. The number of hydrogen-bond donors (Lipinski definition) is 2. The van der Waals surface area contributed by atoms with Crippen molar-refractivity contribution in [1.29, 1.82) is 0 Å². The lowest BCUT2D eigenvalue weighted by molar-refractivity contribution is 0.0999. The molecule has 1 amide bonds. The third-order valence-corrected chi connectivity index (χ3v) is 5.64. The van der Waals surface area contributed by atoms with Crippen molar-refractivity contribution in [2.24, 2.45) is 0 Å². The molecule has 1 aliphatic rings. The van der Waals surface area contributed by atoms with E-state index in [-0.39, 0.29) is 5.91 Å². The maximum Gasteiger partial charge on any atom is 0.259 e. The lowest BCUT2D eigenvalue weighted by Gasteiger charge is -2.21. The Kier molecular flexibility index (Phi) is 5.58. The number of carbonyl (C=O) groups is 1. The van der Waals surface area contributed by atoms with Crippen LogP contribution >= 0.6 is 11.8 Å². The molecule has 0 unspecified atom stereocenters. The Hall–Kier alpha value is -1.79. The minimum atomic E-state index is -0.118. The first-order valence-corrected chi connectivity index (χ1v) is 9.29. The first kappa shape index (κ1) is 17.0. The minimum Gasteiger partial charge on any atom is -0.381 e. The van der Waals surface area contributed by atoms with Crippen LogP contribution in [-0.4, -0.2) is 34.6 Å². The van der Waals surface area contributed by atoms with Crippen molar-refractivity contribution in [2.75, 3.05) is 18.5 Å². The number of benzene rings is 1. The lowest BCUT2D eigenvalue weighted by atomic mass is 10.1. The number of carbonyl (C=O) groups excluding carboxylic acids is 1. The average Bonchev–Trinajstić information content (AvgIpc) is 2.93. The molecule has 0 spiro atoms. The van der Waals surface area contributed by atoms with E-state index in [1.54, 1.807) is 0 Å². The topological polar surface area (TPSA) is 67.0 Å². The fraction of sp³-hybridized carbons (Fsp3) is 0.444. The van der Waals surface area contributed by atoms with Crippen LogP contribution in [0.1, 0.15) is 40.2 Å². The third-order valence-electron chi connectivity index (χ3n) is 4.19. The van der Waals surface area contributed by atoms with Crippen LogP contribution in [0.3, 0.4) is 0 Å². The van der Waals surface area contributed by atoms with Gasteiger partial charge in [0.25, 0.3) is 5.91 Å². The molecule has 1 aromatic carbocycles. The van der Waals surface area contributed by atoms with Gasteiger partial charge in [-0.05, 0) is 44.4 Å². The predicted octanol–water partition coefficient (Wildman–Crippen LogP) is 3.69. The molecule has 2 aromatic rings. The normalized spacial score (nSPS) is 15.4. The molecule has 3 rings (SSSR count). The monoisotopic (exact) mass is 345 g/mol. The number of rotatable bonds is 5. The zero-order valence-corrected chi connectivity index (χ0v) is 14.9. The van der Waals surface area contributed by atoms with Crippen molar-refractivity contribution in [3.8, 4) is 0 Å². The van der Waals surface area contributed by atoms with Crippen LogP contribution in [0.2, 0.25) is 0 Å². The van der Waals surface area contributed by atoms with Crippen LogP contribution in [0.15, 0.2) is 24.3 Å². The van der Waals surface area contributed by atoms with Gasteiger partial charge in [0.2, 0.25) is 0 Å². The van der Waals surface area contributed by atoms with Gasteiger partial charge in [0.1, 0.15) is 0 Å². The zero-order chi connectivity index (χ0) is 16.9. The Morgan fingerprint density at radius 1 is 1.38 bits per heavy atom. The van der Waals surface area contributed by atoms with Crippen LogP contribution < -0.4 is 5.32 Å². The second-order valence-electron chi connectivity index (χ2n) is 6.09. The number of aromatic nitrogens is 2.